The van der Waals surface area contributed by atoms with Gasteiger partial charge in [0.25, 0.3) is 0 Å². The first-order valence-electron chi connectivity index (χ1n) is 6.07. The molecule has 0 saturated heterocycles. The van der Waals surface area contributed by atoms with Gasteiger partial charge in [0.05, 0.1) is 0 Å². The second-order valence-corrected chi connectivity index (χ2v) is 4.75. The lowest BCUT2D eigenvalue weighted by Crippen LogP contribution is -2.17. The molecule has 0 bridgehead atoms. The Morgan fingerprint density at radius 1 is 1.00 bits per heavy atom. The number of nitrogens with two attached hydrogens (primary N) is 1. The van der Waals surface area contributed by atoms with Crippen molar-refractivity contribution in [3.05, 3.63) is 59.7 Å². The van der Waals surface area contributed by atoms with Crippen molar-refractivity contribution in [1.29, 1.82) is 0 Å². The molecule has 0 radical (unpaired) electrons. The lowest BCUT2D eigenvalue weighted by atomic mass is 10.0. The van der Waals surface area contributed by atoms with Crippen LogP contribution in [0.4, 0.5) is 0 Å². The summed E-state index contributed by atoms with van der Waals surface area (Å²) in [7, 11) is 0. The molecule has 2 rings (SSSR count). The molecule has 0 spiro atoms. The molecule has 2 aromatic rings. The summed E-state index contributed by atoms with van der Waals surface area (Å²) < 4.78 is 0. The summed E-state index contributed by atoms with van der Waals surface area (Å²) in [5.41, 5.74) is 10.9. The first-order chi connectivity index (χ1) is 8.15. The van der Waals surface area contributed by atoms with Crippen molar-refractivity contribution in [3.8, 4) is 11.1 Å². The van der Waals surface area contributed by atoms with Crippen LogP contribution in [-0.4, -0.2) is 6.04 Å². The molecule has 0 fully saturated rings. The second kappa shape index (κ2) is 5.15. The largest absolute Gasteiger partial charge is 0.328 e. The molecule has 0 aliphatic rings. The predicted molar refractivity (Wildman–Crippen MR) is 74.0 cm³/mol. The first-order valence-corrected chi connectivity index (χ1v) is 6.07. The Balaban J connectivity index is 2.23. The molecular formula is C16H19N. The summed E-state index contributed by atoms with van der Waals surface area (Å²) in [5.74, 6) is 0. The average Bonchev–Trinajstić information content (AvgIpc) is 2.29. The van der Waals surface area contributed by atoms with E-state index in [1.54, 1.807) is 0 Å². The zero-order valence-electron chi connectivity index (χ0n) is 10.5. The van der Waals surface area contributed by atoms with Gasteiger partial charge in [-0.25, -0.2) is 0 Å². The van der Waals surface area contributed by atoms with Gasteiger partial charge in [-0.2, -0.15) is 0 Å². The van der Waals surface area contributed by atoms with E-state index in [-0.39, 0.29) is 6.04 Å². The van der Waals surface area contributed by atoms with Gasteiger partial charge in [-0.15, -0.1) is 0 Å². The Kier molecular flexibility index (Phi) is 3.60. The van der Waals surface area contributed by atoms with Crippen molar-refractivity contribution in [2.75, 3.05) is 0 Å². The molecule has 17 heavy (non-hydrogen) atoms. The third-order valence-corrected chi connectivity index (χ3v) is 2.86. The van der Waals surface area contributed by atoms with Crippen LogP contribution in [0, 0.1) is 6.92 Å². The van der Waals surface area contributed by atoms with Crippen LogP contribution in [0.3, 0.4) is 0 Å². The van der Waals surface area contributed by atoms with Gasteiger partial charge < -0.3 is 5.73 Å². The zero-order chi connectivity index (χ0) is 12.3. The lowest BCUT2D eigenvalue weighted by molar-refractivity contribution is 0.738. The van der Waals surface area contributed by atoms with E-state index in [4.69, 9.17) is 5.73 Å². The molecule has 1 heteroatoms. The normalized spacial score (nSPS) is 12.4. The van der Waals surface area contributed by atoms with Gasteiger partial charge in [0.2, 0.25) is 0 Å². The van der Waals surface area contributed by atoms with Crippen LogP contribution in [0.1, 0.15) is 18.1 Å². The fraction of sp³-hybridized carbons (Fsp3) is 0.250. The van der Waals surface area contributed by atoms with E-state index in [1.807, 2.05) is 6.92 Å². The molecular weight excluding hydrogens is 206 g/mol. The molecule has 0 saturated carbocycles. The smallest absolute Gasteiger partial charge is 0.00509 e. The van der Waals surface area contributed by atoms with Crippen molar-refractivity contribution in [1.82, 2.24) is 0 Å². The summed E-state index contributed by atoms with van der Waals surface area (Å²) in [4.78, 5) is 0. The number of aryl methyl sites for hydroxylation is 1. The molecule has 2 N–H and O–H groups in total. The standard InChI is InChI=1S/C16H19N/c1-12-4-3-5-16(10-12)15-8-6-14(7-9-15)11-13(2)17/h3-10,13H,11,17H2,1-2H3. The Labute approximate surface area is 103 Å². The first kappa shape index (κ1) is 11.9. The van der Waals surface area contributed by atoms with Crippen LogP contribution in [0.15, 0.2) is 48.5 Å². The van der Waals surface area contributed by atoms with Crippen LogP contribution in [0.5, 0.6) is 0 Å². The molecule has 0 heterocycles. The molecule has 1 nitrogen and oxygen atoms in total. The van der Waals surface area contributed by atoms with E-state index < -0.39 is 0 Å². The Bertz CT molecular complexity index is 483. The van der Waals surface area contributed by atoms with E-state index in [2.05, 4.69) is 55.5 Å². The molecule has 0 amide bonds. The van der Waals surface area contributed by atoms with Gasteiger partial charge in [0, 0.05) is 6.04 Å². The van der Waals surface area contributed by atoms with Crippen LogP contribution in [-0.2, 0) is 6.42 Å². The van der Waals surface area contributed by atoms with Crippen molar-refractivity contribution in [2.24, 2.45) is 5.73 Å². The minimum Gasteiger partial charge on any atom is -0.328 e. The number of benzene rings is 2. The monoisotopic (exact) mass is 225 g/mol. The van der Waals surface area contributed by atoms with Crippen molar-refractivity contribution < 1.29 is 0 Å². The molecule has 2 aromatic carbocycles. The summed E-state index contributed by atoms with van der Waals surface area (Å²) in [6, 6.07) is 17.5. The van der Waals surface area contributed by atoms with Gasteiger partial charge in [-0.3, -0.25) is 0 Å². The predicted octanol–water partition coefficient (Wildman–Crippen LogP) is 3.55. The van der Waals surface area contributed by atoms with Gasteiger partial charge in [-0.1, -0.05) is 54.1 Å². The highest BCUT2D eigenvalue weighted by Gasteiger charge is 2.00. The fourth-order valence-electron chi connectivity index (χ4n) is 2.03. The van der Waals surface area contributed by atoms with Crippen molar-refractivity contribution in [2.45, 2.75) is 26.3 Å². The summed E-state index contributed by atoms with van der Waals surface area (Å²) in [6.45, 7) is 4.16. The van der Waals surface area contributed by atoms with Gasteiger partial charge in [-0.05, 0) is 37.0 Å². The van der Waals surface area contributed by atoms with Crippen LogP contribution < -0.4 is 5.73 Å². The summed E-state index contributed by atoms with van der Waals surface area (Å²) in [5, 5.41) is 0. The highest BCUT2D eigenvalue weighted by atomic mass is 14.6. The quantitative estimate of drug-likeness (QED) is 0.849. The molecule has 0 aliphatic heterocycles. The highest BCUT2D eigenvalue weighted by molar-refractivity contribution is 5.64. The van der Waals surface area contributed by atoms with E-state index in [1.165, 1.54) is 22.3 Å². The van der Waals surface area contributed by atoms with Crippen LogP contribution in [0.2, 0.25) is 0 Å². The minimum atomic E-state index is 0.222. The maximum absolute atomic E-state index is 5.79. The maximum atomic E-state index is 5.79. The number of hydrogen-bond donors (Lipinski definition) is 1. The SMILES string of the molecule is Cc1cccc(-c2ccc(CC(C)N)cc2)c1. The minimum absolute atomic E-state index is 0.222. The number of rotatable bonds is 3. The molecule has 0 aliphatic carbocycles. The third-order valence-electron chi connectivity index (χ3n) is 2.86. The van der Waals surface area contributed by atoms with Gasteiger partial charge in [0.1, 0.15) is 0 Å². The molecule has 0 aromatic heterocycles. The molecule has 1 unspecified atom stereocenters. The highest BCUT2D eigenvalue weighted by Crippen LogP contribution is 2.21. The van der Waals surface area contributed by atoms with E-state index >= 15 is 0 Å². The van der Waals surface area contributed by atoms with E-state index in [9.17, 15) is 0 Å². The van der Waals surface area contributed by atoms with Crippen molar-refractivity contribution >= 4 is 0 Å². The Morgan fingerprint density at radius 3 is 2.29 bits per heavy atom. The van der Waals surface area contributed by atoms with Crippen LogP contribution >= 0.6 is 0 Å². The van der Waals surface area contributed by atoms with Crippen LogP contribution in [0.25, 0.3) is 11.1 Å². The second-order valence-electron chi connectivity index (χ2n) is 4.75. The lowest BCUT2D eigenvalue weighted by Gasteiger charge is -2.07. The van der Waals surface area contributed by atoms with Gasteiger partial charge in [0.15, 0.2) is 0 Å². The van der Waals surface area contributed by atoms with E-state index in [0.717, 1.165) is 6.42 Å². The number of hydrogen-bond acceptors (Lipinski definition) is 1. The van der Waals surface area contributed by atoms with Gasteiger partial charge >= 0.3 is 0 Å². The average molecular weight is 225 g/mol. The molecule has 1 atom stereocenters. The third kappa shape index (κ3) is 3.18. The summed E-state index contributed by atoms with van der Waals surface area (Å²) in [6.07, 6.45) is 0.939. The Hall–Kier alpha value is -1.60. The summed E-state index contributed by atoms with van der Waals surface area (Å²) >= 11 is 0. The Morgan fingerprint density at radius 2 is 1.71 bits per heavy atom. The molecule has 88 valence electrons. The topological polar surface area (TPSA) is 26.0 Å². The zero-order valence-corrected chi connectivity index (χ0v) is 10.5. The fourth-order valence-corrected chi connectivity index (χ4v) is 2.03. The van der Waals surface area contributed by atoms with Crippen molar-refractivity contribution in [3.63, 3.8) is 0 Å². The maximum Gasteiger partial charge on any atom is 0.00509 e. The van der Waals surface area contributed by atoms with E-state index in [0.29, 0.717) is 0 Å².